The Morgan fingerprint density at radius 2 is 1.81 bits per heavy atom. The number of allylic oxidation sites excluding steroid dienone is 1. The van der Waals surface area contributed by atoms with Crippen molar-refractivity contribution < 1.29 is 36.7 Å². The fourth-order valence-electron chi connectivity index (χ4n) is 9.29. The standard InChI is InChI=1S/C48H54ClFN8O8S/c1-31-14-17-57(43-24-33-13-16-51-44(33)53-46(43)66-31)41-25-36(56-20-18-55(19-21-56)28-34-12-15-47(2,3)27-39(34)32-4-6-35(49)7-5-32)8-10-38(41)45(59)54-67(62,63)37-9-11-40(42(26-37)58(60)61)52-29-48(50)30-64-22-23-65-48/h4-11,13,16,24-26,31,52H,12,14-15,17-23,27-30H2,1-3H3,(H,51,53)(H,54,59)/t31-,48+/m0/s1. The van der Waals surface area contributed by atoms with Crippen molar-refractivity contribution in [1.82, 2.24) is 19.6 Å². The molecule has 3 aromatic carbocycles. The minimum absolute atomic E-state index is 0.00864. The molecule has 0 spiro atoms. The number of fused-ring (bicyclic) bond motifs is 2. The Balaban J connectivity index is 0.997. The molecular weight excluding hydrogens is 903 g/mol. The highest BCUT2D eigenvalue weighted by molar-refractivity contribution is 7.90. The summed E-state index contributed by atoms with van der Waals surface area (Å²) in [6.07, 6.45) is 5.27. The first-order chi connectivity index (χ1) is 32.0. The molecule has 19 heteroatoms. The van der Waals surface area contributed by atoms with E-state index in [9.17, 15) is 23.3 Å². The number of piperazine rings is 1. The number of aromatic amines is 1. The van der Waals surface area contributed by atoms with Crippen LogP contribution in [0.3, 0.4) is 0 Å². The zero-order valence-electron chi connectivity index (χ0n) is 37.6. The van der Waals surface area contributed by atoms with Crippen LogP contribution >= 0.6 is 11.6 Å². The van der Waals surface area contributed by atoms with Gasteiger partial charge in [0, 0.05) is 74.0 Å². The van der Waals surface area contributed by atoms with E-state index in [4.69, 9.17) is 30.8 Å². The molecule has 9 rings (SSSR count). The lowest BCUT2D eigenvalue weighted by Gasteiger charge is -2.39. The number of H-pyrrole nitrogens is 1. The lowest BCUT2D eigenvalue weighted by atomic mass is 9.72. The van der Waals surface area contributed by atoms with E-state index in [1.54, 1.807) is 12.3 Å². The highest BCUT2D eigenvalue weighted by atomic mass is 35.5. The lowest BCUT2D eigenvalue weighted by molar-refractivity contribution is -0.384. The maximum Gasteiger partial charge on any atom is 0.293 e. The van der Waals surface area contributed by atoms with Gasteiger partial charge in [-0.3, -0.25) is 19.8 Å². The van der Waals surface area contributed by atoms with E-state index in [1.807, 2.05) is 48.2 Å². The van der Waals surface area contributed by atoms with Gasteiger partial charge in [-0.1, -0.05) is 43.2 Å². The molecule has 5 aromatic rings. The van der Waals surface area contributed by atoms with Crippen molar-refractivity contribution in [2.24, 2.45) is 5.41 Å². The number of aromatic nitrogens is 2. The van der Waals surface area contributed by atoms with Crippen LogP contribution in [0, 0.1) is 15.5 Å². The number of ether oxygens (including phenoxy) is 3. The number of nitrogens with zero attached hydrogens (tertiary/aromatic N) is 5. The molecule has 16 nitrogen and oxygen atoms in total. The zero-order valence-corrected chi connectivity index (χ0v) is 39.2. The third-order valence-electron chi connectivity index (χ3n) is 13.0. The molecule has 0 radical (unpaired) electrons. The van der Waals surface area contributed by atoms with E-state index in [2.05, 4.69) is 50.8 Å². The third-order valence-corrected chi connectivity index (χ3v) is 14.6. The second-order valence-corrected chi connectivity index (χ2v) is 20.6. The van der Waals surface area contributed by atoms with E-state index >= 15 is 4.39 Å². The van der Waals surface area contributed by atoms with Crippen LogP contribution in [-0.4, -0.2) is 112 Å². The SMILES string of the molecule is C[C@H]1CCN(c2cc(N3CCN(CC4=C(c5ccc(Cl)cc5)CC(C)(C)CC4)CC3)ccc2C(=O)NS(=O)(=O)c2ccc(NC[C@]3(F)COCCO3)c([N+](=O)[O-])c2)c2cc3cc[nH]c3nc2O1. The average Bonchev–Trinajstić information content (AvgIpc) is 3.70. The fourth-order valence-corrected chi connectivity index (χ4v) is 10.4. The number of hydrogen-bond donors (Lipinski definition) is 3. The Morgan fingerprint density at radius 3 is 2.55 bits per heavy atom. The number of alkyl halides is 1. The molecule has 1 amide bonds. The second kappa shape index (κ2) is 18.7. The van der Waals surface area contributed by atoms with E-state index < -0.39 is 43.8 Å². The van der Waals surface area contributed by atoms with Crippen molar-refractivity contribution >= 4 is 72.6 Å². The summed E-state index contributed by atoms with van der Waals surface area (Å²) in [6, 6.07) is 20.4. The summed E-state index contributed by atoms with van der Waals surface area (Å²) >= 11 is 6.27. The first kappa shape index (κ1) is 46.3. The second-order valence-electron chi connectivity index (χ2n) is 18.5. The first-order valence-corrected chi connectivity index (χ1v) is 24.4. The van der Waals surface area contributed by atoms with Crippen molar-refractivity contribution in [3.63, 3.8) is 0 Å². The number of nitrogens with one attached hydrogen (secondary N) is 3. The number of nitro benzene ring substituents is 1. The summed E-state index contributed by atoms with van der Waals surface area (Å²) in [5.41, 5.74) is 6.09. The molecule has 2 saturated heterocycles. The van der Waals surface area contributed by atoms with Crippen molar-refractivity contribution in [3.05, 3.63) is 111 Å². The smallest absolute Gasteiger partial charge is 0.293 e. The molecule has 5 heterocycles. The number of halogens is 2. The molecule has 0 saturated carbocycles. The first-order valence-electron chi connectivity index (χ1n) is 22.5. The van der Waals surface area contributed by atoms with Crippen LogP contribution in [0.25, 0.3) is 16.6 Å². The number of nitro groups is 1. The van der Waals surface area contributed by atoms with Gasteiger partial charge in [0.1, 0.15) is 23.6 Å². The third kappa shape index (κ3) is 10.2. The molecule has 4 aliphatic rings. The summed E-state index contributed by atoms with van der Waals surface area (Å²) in [5, 5.41) is 16.4. The van der Waals surface area contributed by atoms with Gasteiger partial charge in [0.05, 0.1) is 46.9 Å². The molecule has 1 aliphatic carbocycles. The Kier molecular flexibility index (Phi) is 12.9. The maximum atomic E-state index is 15.1. The highest BCUT2D eigenvalue weighted by Gasteiger charge is 2.36. The molecule has 2 atom stereocenters. The molecule has 0 bridgehead atoms. The summed E-state index contributed by atoms with van der Waals surface area (Å²) in [4.78, 5) is 39.9. The summed E-state index contributed by atoms with van der Waals surface area (Å²) in [6.45, 7) is 10.3. The highest BCUT2D eigenvalue weighted by Crippen LogP contribution is 2.44. The van der Waals surface area contributed by atoms with E-state index in [1.165, 1.54) is 16.7 Å². The number of anilines is 4. The monoisotopic (exact) mass is 956 g/mol. The van der Waals surface area contributed by atoms with E-state index in [0.29, 0.717) is 49.0 Å². The Bertz CT molecular complexity index is 2830. The van der Waals surface area contributed by atoms with Crippen molar-refractivity contribution in [2.75, 3.05) is 80.8 Å². The van der Waals surface area contributed by atoms with Gasteiger partial charge in [0.25, 0.3) is 21.6 Å². The fraction of sp³-hybridized carbons (Fsp3) is 0.417. The predicted octanol–water partition coefficient (Wildman–Crippen LogP) is 8.46. The largest absolute Gasteiger partial charge is 0.473 e. The average molecular weight is 958 g/mol. The molecule has 2 fully saturated rings. The zero-order chi connectivity index (χ0) is 47.1. The minimum atomic E-state index is -4.69. The number of sulfonamides is 1. The van der Waals surface area contributed by atoms with Crippen molar-refractivity contribution in [1.29, 1.82) is 0 Å². The van der Waals surface area contributed by atoms with Crippen LogP contribution in [0.2, 0.25) is 5.02 Å². The number of hydrogen-bond acceptors (Lipinski definition) is 13. The molecule has 0 unspecified atom stereocenters. The quantitative estimate of drug-likeness (QED) is 0.0800. The maximum absolute atomic E-state index is 15.1. The summed E-state index contributed by atoms with van der Waals surface area (Å²) in [5.74, 6) is -2.82. The molecule has 3 N–H and O–H groups in total. The van der Waals surface area contributed by atoms with Gasteiger partial charge in [0.15, 0.2) is 0 Å². The topological polar surface area (TPSA) is 185 Å². The molecular formula is C48H54ClFN8O8S. The van der Waals surface area contributed by atoms with Crippen molar-refractivity contribution in [2.45, 2.75) is 63.3 Å². The molecule has 2 aromatic heterocycles. The van der Waals surface area contributed by atoms with Crippen LogP contribution in [0.5, 0.6) is 5.88 Å². The van der Waals surface area contributed by atoms with E-state index in [-0.39, 0.29) is 42.6 Å². The van der Waals surface area contributed by atoms with Crippen LogP contribution in [0.4, 0.5) is 32.8 Å². The number of rotatable bonds is 12. The summed E-state index contributed by atoms with van der Waals surface area (Å²) < 4.78 is 61.8. The normalized spacial score (nSPS) is 21.4. The van der Waals surface area contributed by atoms with Gasteiger partial charge >= 0.3 is 0 Å². The number of carbonyl (C=O) groups is 1. The minimum Gasteiger partial charge on any atom is -0.473 e. The van der Waals surface area contributed by atoms with Gasteiger partial charge in [0.2, 0.25) is 11.7 Å². The Hall–Kier alpha value is -5.79. The predicted molar refractivity (Wildman–Crippen MR) is 256 cm³/mol. The number of amides is 1. The number of carbonyl (C=O) groups excluding carboxylic acids is 1. The van der Waals surface area contributed by atoms with Crippen LogP contribution in [-0.2, 0) is 19.5 Å². The van der Waals surface area contributed by atoms with Crippen LogP contribution in [0.1, 0.15) is 62.4 Å². The number of pyridine rings is 1. The Morgan fingerprint density at radius 1 is 1.01 bits per heavy atom. The number of benzene rings is 3. The summed E-state index contributed by atoms with van der Waals surface area (Å²) in [7, 11) is -4.69. The van der Waals surface area contributed by atoms with Crippen LogP contribution < -0.4 is 24.6 Å². The van der Waals surface area contributed by atoms with Gasteiger partial charge in [-0.15, -0.1) is 0 Å². The molecule has 354 valence electrons. The molecule has 3 aliphatic heterocycles. The van der Waals surface area contributed by atoms with Gasteiger partial charge in [-0.05, 0) is 97.3 Å². The molecule has 67 heavy (non-hydrogen) atoms. The van der Waals surface area contributed by atoms with Gasteiger partial charge in [-0.2, -0.15) is 4.98 Å². The van der Waals surface area contributed by atoms with E-state index in [0.717, 1.165) is 73.2 Å². The van der Waals surface area contributed by atoms with Gasteiger partial charge in [-0.25, -0.2) is 17.5 Å². The van der Waals surface area contributed by atoms with Crippen molar-refractivity contribution in [3.8, 4) is 5.88 Å². The lowest BCUT2D eigenvalue weighted by Crippen LogP contribution is -2.47. The Labute approximate surface area is 393 Å². The van der Waals surface area contributed by atoms with Crippen LogP contribution in [0.15, 0.2) is 89.5 Å². The van der Waals surface area contributed by atoms with Gasteiger partial charge < -0.3 is 34.3 Å².